The van der Waals surface area contributed by atoms with Gasteiger partial charge in [0.05, 0.1) is 0 Å². The van der Waals surface area contributed by atoms with E-state index in [1.807, 2.05) is 12.3 Å². The third-order valence-electron chi connectivity index (χ3n) is 6.71. The number of hydrogen-bond acceptors (Lipinski definition) is 3. The fourth-order valence-electron chi connectivity index (χ4n) is 5.65. The van der Waals surface area contributed by atoms with Crippen LogP contribution in [0.3, 0.4) is 0 Å². The quantitative estimate of drug-likeness (QED) is 0.839. The molecule has 4 saturated heterocycles. The van der Waals surface area contributed by atoms with Crippen molar-refractivity contribution in [2.45, 2.75) is 43.8 Å². The van der Waals surface area contributed by atoms with Gasteiger partial charge in [0.2, 0.25) is 0 Å². The maximum Gasteiger partial charge on any atom is 0.0489 e. The second-order valence-corrected chi connectivity index (χ2v) is 7.99. The first-order valence-corrected chi connectivity index (χ1v) is 9.90. The van der Waals surface area contributed by atoms with Gasteiger partial charge in [0, 0.05) is 50.0 Å². The van der Waals surface area contributed by atoms with Crippen LogP contribution in [0.1, 0.15) is 30.7 Å². The molecule has 4 heteroatoms. The lowest BCUT2D eigenvalue weighted by atomic mass is 9.75. The Hall–Kier alpha value is -1.65. The van der Waals surface area contributed by atoms with E-state index < -0.39 is 0 Å². The summed E-state index contributed by atoms with van der Waals surface area (Å²) in [5, 5.41) is 4.35. The van der Waals surface area contributed by atoms with Crippen LogP contribution in [0, 0.1) is 5.92 Å². The van der Waals surface area contributed by atoms with E-state index in [0.717, 1.165) is 24.5 Å². The maximum absolute atomic E-state index is 4.35. The summed E-state index contributed by atoms with van der Waals surface area (Å²) in [5.41, 5.74) is 1.54. The molecule has 0 saturated carbocycles. The van der Waals surface area contributed by atoms with Gasteiger partial charge in [-0.3, -0.25) is 14.5 Å². The van der Waals surface area contributed by atoms with E-state index in [4.69, 9.17) is 0 Å². The molecule has 0 radical (unpaired) electrons. The largest absolute Gasteiger partial charge is 0.298 e. The molecule has 6 rings (SSSR count). The average Bonchev–Trinajstić information content (AvgIpc) is 3.33. The molecule has 4 fully saturated rings. The van der Waals surface area contributed by atoms with E-state index in [1.165, 1.54) is 45.4 Å². The van der Waals surface area contributed by atoms with Gasteiger partial charge in [-0.05, 0) is 49.9 Å². The van der Waals surface area contributed by atoms with Gasteiger partial charge in [-0.2, -0.15) is 5.10 Å². The minimum Gasteiger partial charge on any atom is -0.298 e. The van der Waals surface area contributed by atoms with Crippen LogP contribution in [0.15, 0.2) is 48.8 Å². The number of aryl methyl sites for hydroxylation is 1. The Labute approximate surface area is 150 Å². The van der Waals surface area contributed by atoms with Crippen molar-refractivity contribution in [2.24, 2.45) is 5.92 Å². The topological polar surface area (TPSA) is 24.3 Å². The van der Waals surface area contributed by atoms with Gasteiger partial charge in [-0.15, -0.1) is 0 Å². The minimum atomic E-state index is 0.680. The van der Waals surface area contributed by atoms with Crippen molar-refractivity contribution in [1.82, 2.24) is 19.6 Å². The van der Waals surface area contributed by atoms with Crippen molar-refractivity contribution in [1.29, 1.82) is 0 Å². The molecule has 1 aromatic carbocycles. The second-order valence-electron chi connectivity index (χ2n) is 7.99. The zero-order valence-corrected chi connectivity index (χ0v) is 14.9. The van der Waals surface area contributed by atoms with Crippen LogP contribution < -0.4 is 0 Å². The van der Waals surface area contributed by atoms with Crippen LogP contribution in [-0.4, -0.2) is 57.8 Å². The first kappa shape index (κ1) is 15.6. The predicted molar refractivity (Wildman–Crippen MR) is 99.5 cm³/mol. The SMILES string of the molecule is c1ccc([C@@H]2CN(CCCn3cccn3)[C@@H]3C4CCN(CC4)[C@@H]32)cc1. The predicted octanol–water partition coefficient (Wildman–Crippen LogP) is 2.84. The lowest BCUT2D eigenvalue weighted by Gasteiger charge is -2.51. The molecule has 2 aromatic rings. The molecule has 0 unspecified atom stereocenters. The van der Waals surface area contributed by atoms with E-state index in [-0.39, 0.29) is 0 Å². The van der Waals surface area contributed by atoms with Gasteiger partial charge in [0.1, 0.15) is 0 Å². The van der Waals surface area contributed by atoms with E-state index in [1.54, 1.807) is 5.56 Å². The Kier molecular flexibility index (Phi) is 4.10. The summed E-state index contributed by atoms with van der Waals surface area (Å²) in [7, 11) is 0. The van der Waals surface area contributed by atoms with E-state index >= 15 is 0 Å². The number of fused-ring (bicyclic) bond motifs is 2. The molecule has 0 aliphatic carbocycles. The van der Waals surface area contributed by atoms with E-state index in [2.05, 4.69) is 56.1 Å². The first-order valence-electron chi connectivity index (χ1n) is 9.90. The average molecular weight is 336 g/mol. The number of benzene rings is 1. The highest BCUT2D eigenvalue weighted by atomic mass is 15.3. The minimum absolute atomic E-state index is 0.680. The molecular formula is C21H28N4. The van der Waals surface area contributed by atoms with Crippen molar-refractivity contribution >= 4 is 0 Å². The molecule has 4 nitrogen and oxygen atoms in total. The standard InChI is InChI=1S/C21H28N4/c1-2-6-17(7-3-1)19-16-24(11-5-13-25-12-4-10-22-25)20-18-8-14-23(15-9-18)21(19)20/h1-4,6-7,10,12,18-21H,5,8-9,11,13-16H2/t19-,20+,21+/m0/s1. The normalized spacial score (nSPS) is 34.3. The van der Waals surface area contributed by atoms with E-state index in [0.29, 0.717) is 5.92 Å². The Morgan fingerprint density at radius 2 is 1.80 bits per heavy atom. The Morgan fingerprint density at radius 3 is 2.56 bits per heavy atom. The Morgan fingerprint density at radius 1 is 0.960 bits per heavy atom. The molecule has 5 heterocycles. The van der Waals surface area contributed by atoms with Gasteiger partial charge < -0.3 is 0 Å². The van der Waals surface area contributed by atoms with Crippen LogP contribution in [0.2, 0.25) is 0 Å². The summed E-state index contributed by atoms with van der Waals surface area (Å²) >= 11 is 0. The molecule has 0 amide bonds. The highest BCUT2D eigenvalue weighted by Gasteiger charge is 2.52. The highest BCUT2D eigenvalue weighted by Crippen LogP contribution is 2.46. The third kappa shape index (κ3) is 2.81. The molecule has 25 heavy (non-hydrogen) atoms. The molecule has 4 aliphatic rings. The fraction of sp³-hybridized carbons (Fsp3) is 0.571. The number of hydrogen-bond donors (Lipinski definition) is 0. The lowest BCUT2D eigenvalue weighted by Crippen LogP contribution is -2.60. The Bertz CT molecular complexity index is 675. The van der Waals surface area contributed by atoms with Crippen LogP contribution in [0.25, 0.3) is 0 Å². The van der Waals surface area contributed by atoms with Crippen LogP contribution >= 0.6 is 0 Å². The molecule has 1 aromatic heterocycles. The molecule has 4 aliphatic heterocycles. The van der Waals surface area contributed by atoms with Gasteiger partial charge in [-0.1, -0.05) is 30.3 Å². The van der Waals surface area contributed by atoms with Gasteiger partial charge in [0.25, 0.3) is 0 Å². The fourth-order valence-corrected chi connectivity index (χ4v) is 5.65. The van der Waals surface area contributed by atoms with Crippen molar-refractivity contribution in [3.8, 4) is 0 Å². The highest BCUT2D eigenvalue weighted by molar-refractivity contribution is 5.27. The summed E-state index contributed by atoms with van der Waals surface area (Å²) in [6, 6.07) is 14.8. The monoisotopic (exact) mass is 336 g/mol. The number of likely N-dealkylation sites (tertiary alicyclic amines) is 1. The van der Waals surface area contributed by atoms with Crippen LogP contribution in [-0.2, 0) is 6.54 Å². The molecule has 2 bridgehead atoms. The first-order chi connectivity index (χ1) is 12.4. The number of piperidine rings is 3. The molecule has 132 valence electrons. The number of nitrogens with zero attached hydrogens (tertiary/aromatic N) is 4. The molecular weight excluding hydrogens is 308 g/mol. The molecule has 0 N–H and O–H groups in total. The maximum atomic E-state index is 4.35. The van der Waals surface area contributed by atoms with Crippen molar-refractivity contribution < 1.29 is 0 Å². The van der Waals surface area contributed by atoms with Gasteiger partial charge in [-0.25, -0.2) is 0 Å². The third-order valence-corrected chi connectivity index (χ3v) is 6.71. The molecule has 0 spiro atoms. The zero-order valence-electron chi connectivity index (χ0n) is 14.9. The van der Waals surface area contributed by atoms with Gasteiger partial charge >= 0.3 is 0 Å². The van der Waals surface area contributed by atoms with Crippen molar-refractivity contribution in [2.75, 3.05) is 26.2 Å². The molecule has 3 atom stereocenters. The lowest BCUT2D eigenvalue weighted by molar-refractivity contribution is -0.00697. The smallest absolute Gasteiger partial charge is 0.0489 e. The summed E-state index contributed by atoms with van der Waals surface area (Å²) in [6.07, 6.45) is 7.95. The van der Waals surface area contributed by atoms with E-state index in [9.17, 15) is 0 Å². The van der Waals surface area contributed by atoms with Crippen LogP contribution in [0.5, 0.6) is 0 Å². The van der Waals surface area contributed by atoms with Crippen LogP contribution in [0.4, 0.5) is 0 Å². The summed E-state index contributed by atoms with van der Waals surface area (Å²) in [6.45, 7) is 6.10. The number of rotatable bonds is 5. The summed E-state index contributed by atoms with van der Waals surface area (Å²) in [5.74, 6) is 1.59. The second kappa shape index (κ2) is 6.58. The summed E-state index contributed by atoms with van der Waals surface area (Å²) in [4.78, 5) is 5.62. The van der Waals surface area contributed by atoms with Gasteiger partial charge in [0.15, 0.2) is 0 Å². The Balaban J connectivity index is 1.34. The zero-order chi connectivity index (χ0) is 16.6. The summed E-state index contributed by atoms with van der Waals surface area (Å²) < 4.78 is 2.07. The van der Waals surface area contributed by atoms with Crippen molar-refractivity contribution in [3.05, 3.63) is 54.4 Å². The number of aromatic nitrogens is 2. The van der Waals surface area contributed by atoms with Crippen molar-refractivity contribution in [3.63, 3.8) is 0 Å².